The van der Waals surface area contributed by atoms with E-state index in [1.807, 2.05) is 24.3 Å². The first-order valence-corrected chi connectivity index (χ1v) is 9.62. The summed E-state index contributed by atoms with van der Waals surface area (Å²) in [7, 11) is 0. The fraction of sp³-hybridized carbons (Fsp3) is 0.579. The number of hydrogen-bond donors (Lipinski definition) is 3. The van der Waals surface area contributed by atoms with Gasteiger partial charge in [0.2, 0.25) is 11.8 Å². The SMILES string of the molecule is CC(O)C(NC(=O)C1CC1)C(=O)NC1CCCN(c2ccccc2Cl)C1. The van der Waals surface area contributed by atoms with Gasteiger partial charge in [-0.3, -0.25) is 9.59 Å². The van der Waals surface area contributed by atoms with Crippen LogP contribution < -0.4 is 15.5 Å². The van der Waals surface area contributed by atoms with Gasteiger partial charge in [-0.15, -0.1) is 0 Å². The van der Waals surface area contributed by atoms with Gasteiger partial charge in [0.15, 0.2) is 0 Å². The van der Waals surface area contributed by atoms with Crippen molar-refractivity contribution in [3.8, 4) is 0 Å². The molecule has 2 amide bonds. The number of carbonyl (C=O) groups excluding carboxylic acids is 2. The second-order valence-corrected chi connectivity index (χ2v) is 7.65. The lowest BCUT2D eigenvalue weighted by Crippen LogP contribution is -2.57. The molecule has 1 aliphatic heterocycles. The summed E-state index contributed by atoms with van der Waals surface area (Å²) in [5, 5.41) is 16.3. The zero-order valence-corrected chi connectivity index (χ0v) is 15.7. The zero-order valence-electron chi connectivity index (χ0n) is 15.0. The number of nitrogens with zero attached hydrogens (tertiary/aromatic N) is 1. The molecular weight excluding hydrogens is 354 g/mol. The van der Waals surface area contributed by atoms with E-state index >= 15 is 0 Å². The maximum absolute atomic E-state index is 12.6. The minimum atomic E-state index is -0.944. The van der Waals surface area contributed by atoms with E-state index < -0.39 is 12.1 Å². The lowest BCUT2D eigenvalue weighted by atomic mass is 10.0. The molecule has 26 heavy (non-hydrogen) atoms. The summed E-state index contributed by atoms with van der Waals surface area (Å²) in [4.78, 5) is 26.7. The third kappa shape index (κ3) is 4.68. The van der Waals surface area contributed by atoms with Gasteiger partial charge < -0.3 is 20.6 Å². The Labute approximate surface area is 158 Å². The number of piperidine rings is 1. The van der Waals surface area contributed by atoms with Gasteiger partial charge in [0.25, 0.3) is 0 Å². The molecule has 2 fully saturated rings. The Morgan fingerprint density at radius 2 is 2.00 bits per heavy atom. The van der Waals surface area contributed by atoms with Gasteiger partial charge in [0, 0.05) is 25.0 Å². The van der Waals surface area contributed by atoms with Gasteiger partial charge in [0.1, 0.15) is 6.04 Å². The molecule has 0 bridgehead atoms. The normalized spacial score (nSPS) is 22.4. The highest BCUT2D eigenvalue weighted by Gasteiger charge is 2.35. The van der Waals surface area contributed by atoms with E-state index in [9.17, 15) is 14.7 Å². The van der Waals surface area contributed by atoms with Crippen molar-refractivity contribution in [1.82, 2.24) is 10.6 Å². The predicted octanol–water partition coefficient (Wildman–Crippen LogP) is 1.70. The molecule has 3 atom stereocenters. The summed E-state index contributed by atoms with van der Waals surface area (Å²) >= 11 is 6.29. The van der Waals surface area contributed by atoms with Crippen molar-refractivity contribution in [2.45, 2.75) is 50.8 Å². The molecule has 1 aromatic carbocycles. The molecule has 1 heterocycles. The highest BCUT2D eigenvalue weighted by Crippen LogP contribution is 2.29. The zero-order chi connectivity index (χ0) is 18.7. The van der Waals surface area contributed by atoms with E-state index in [1.54, 1.807) is 0 Å². The molecule has 7 heteroatoms. The van der Waals surface area contributed by atoms with Crippen LogP contribution in [0.4, 0.5) is 5.69 Å². The quantitative estimate of drug-likeness (QED) is 0.702. The Morgan fingerprint density at radius 3 is 2.65 bits per heavy atom. The van der Waals surface area contributed by atoms with Crippen LogP contribution in [0.1, 0.15) is 32.6 Å². The van der Waals surface area contributed by atoms with Crippen molar-refractivity contribution in [3.63, 3.8) is 0 Å². The van der Waals surface area contributed by atoms with Crippen LogP contribution in [0, 0.1) is 5.92 Å². The Bertz CT molecular complexity index is 663. The van der Waals surface area contributed by atoms with Gasteiger partial charge in [-0.25, -0.2) is 0 Å². The molecule has 1 saturated heterocycles. The van der Waals surface area contributed by atoms with Crippen LogP contribution in [-0.2, 0) is 9.59 Å². The minimum Gasteiger partial charge on any atom is -0.391 e. The lowest BCUT2D eigenvalue weighted by molar-refractivity contribution is -0.132. The molecular formula is C19H26ClN3O3. The van der Waals surface area contributed by atoms with Gasteiger partial charge in [-0.05, 0) is 44.7 Å². The second-order valence-electron chi connectivity index (χ2n) is 7.25. The molecule has 0 radical (unpaired) electrons. The maximum Gasteiger partial charge on any atom is 0.245 e. The third-order valence-electron chi connectivity index (χ3n) is 4.97. The summed E-state index contributed by atoms with van der Waals surface area (Å²) in [6.07, 6.45) is 2.56. The summed E-state index contributed by atoms with van der Waals surface area (Å²) in [5.74, 6) is -0.484. The van der Waals surface area contributed by atoms with Gasteiger partial charge in [-0.2, -0.15) is 0 Å². The van der Waals surface area contributed by atoms with Crippen LogP contribution in [0.2, 0.25) is 5.02 Å². The van der Waals surface area contributed by atoms with E-state index in [0.717, 1.165) is 37.9 Å². The Hall–Kier alpha value is -1.79. The highest BCUT2D eigenvalue weighted by atomic mass is 35.5. The van der Waals surface area contributed by atoms with E-state index in [1.165, 1.54) is 6.92 Å². The largest absolute Gasteiger partial charge is 0.391 e. The number of anilines is 1. The van der Waals surface area contributed by atoms with Crippen LogP contribution in [0.25, 0.3) is 0 Å². The standard InChI is InChI=1S/C19H26ClN3O3/c1-12(24)17(22-18(25)13-8-9-13)19(26)21-14-5-4-10-23(11-14)16-7-3-2-6-15(16)20/h2-3,6-7,12-14,17,24H,4-5,8-11H2,1H3,(H,21,26)(H,22,25). The predicted molar refractivity (Wildman–Crippen MR) is 101 cm³/mol. The van der Waals surface area contributed by atoms with Crippen LogP contribution >= 0.6 is 11.6 Å². The van der Waals surface area contributed by atoms with Crippen molar-refractivity contribution in [1.29, 1.82) is 0 Å². The first-order chi connectivity index (χ1) is 12.5. The molecule has 1 saturated carbocycles. The molecule has 1 aliphatic carbocycles. The van der Waals surface area contributed by atoms with Gasteiger partial charge in [0.05, 0.1) is 16.8 Å². The number of benzene rings is 1. The molecule has 3 N–H and O–H groups in total. The number of para-hydroxylation sites is 1. The summed E-state index contributed by atoms with van der Waals surface area (Å²) in [6.45, 7) is 3.06. The van der Waals surface area contributed by atoms with Gasteiger partial charge >= 0.3 is 0 Å². The number of halogens is 1. The molecule has 6 nitrogen and oxygen atoms in total. The van der Waals surface area contributed by atoms with Crippen molar-refractivity contribution in [2.24, 2.45) is 5.92 Å². The Kier molecular flexibility index (Phi) is 6.04. The molecule has 142 valence electrons. The summed E-state index contributed by atoms with van der Waals surface area (Å²) < 4.78 is 0. The Morgan fingerprint density at radius 1 is 1.27 bits per heavy atom. The number of rotatable bonds is 6. The number of hydrogen-bond acceptors (Lipinski definition) is 4. The third-order valence-corrected chi connectivity index (χ3v) is 5.29. The fourth-order valence-corrected chi connectivity index (χ4v) is 3.59. The van der Waals surface area contributed by atoms with Gasteiger partial charge in [-0.1, -0.05) is 23.7 Å². The number of nitrogens with one attached hydrogen (secondary N) is 2. The van der Waals surface area contributed by atoms with Crippen LogP contribution in [0.5, 0.6) is 0 Å². The van der Waals surface area contributed by atoms with Crippen LogP contribution in [-0.4, -0.2) is 48.2 Å². The first-order valence-electron chi connectivity index (χ1n) is 9.24. The molecule has 3 rings (SSSR count). The smallest absolute Gasteiger partial charge is 0.245 e. The molecule has 2 aliphatic rings. The number of amides is 2. The monoisotopic (exact) mass is 379 g/mol. The molecule has 1 aromatic rings. The Balaban J connectivity index is 1.60. The lowest BCUT2D eigenvalue weighted by Gasteiger charge is -2.36. The van der Waals surface area contributed by atoms with Crippen molar-refractivity contribution in [2.75, 3.05) is 18.0 Å². The van der Waals surface area contributed by atoms with E-state index in [0.29, 0.717) is 11.6 Å². The number of carbonyl (C=O) groups is 2. The molecule has 3 unspecified atom stereocenters. The summed E-state index contributed by atoms with van der Waals surface area (Å²) in [6, 6.07) is 6.70. The average molecular weight is 380 g/mol. The summed E-state index contributed by atoms with van der Waals surface area (Å²) in [5.41, 5.74) is 0.960. The highest BCUT2D eigenvalue weighted by molar-refractivity contribution is 6.33. The topological polar surface area (TPSA) is 81.7 Å². The fourth-order valence-electron chi connectivity index (χ4n) is 3.33. The number of aliphatic hydroxyl groups is 1. The molecule has 0 aromatic heterocycles. The maximum atomic E-state index is 12.6. The van der Waals surface area contributed by atoms with E-state index in [4.69, 9.17) is 11.6 Å². The second kappa shape index (κ2) is 8.27. The molecule has 0 spiro atoms. The average Bonchev–Trinajstić information content (AvgIpc) is 3.45. The van der Waals surface area contributed by atoms with Crippen LogP contribution in [0.3, 0.4) is 0 Å². The van der Waals surface area contributed by atoms with Crippen molar-refractivity contribution < 1.29 is 14.7 Å². The number of aliphatic hydroxyl groups excluding tert-OH is 1. The van der Waals surface area contributed by atoms with E-state index in [-0.39, 0.29) is 23.8 Å². The minimum absolute atomic E-state index is 0.00514. The van der Waals surface area contributed by atoms with Crippen molar-refractivity contribution in [3.05, 3.63) is 29.3 Å². The van der Waals surface area contributed by atoms with Crippen molar-refractivity contribution >= 4 is 29.1 Å². The first kappa shape index (κ1) is 19.0. The van der Waals surface area contributed by atoms with Crippen LogP contribution in [0.15, 0.2) is 24.3 Å². The van der Waals surface area contributed by atoms with E-state index in [2.05, 4.69) is 15.5 Å².